The van der Waals surface area contributed by atoms with Crippen molar-refractivity contribution in [1.82, 2.24) is 9.80 Å². The summed E-state index contributed by atoms with van der Waals surface area (Å²) in [6.07, 6.45) is 8.34. The summed E-state index contributed by atoms with van der Waals surface area (Å²) in [4.78, 5) is 17.3. The molecular weight excluding hydrogens is 312 g/mol. The topological polar surface area (TPSA) is 32.8 Å². The molecule has 2 aliphatic rings. The lowest BCUT2D eigenvalue weighted by Crippen LogP contribution is -2.53. The molecule has 0 N–H and O–H groups in total. The van der Waals surface area contributed by atoms with E-state index >= 15 is 0 Å². The Hall–Kier alpha value is -2.07. The molecule has 0 radical (unpaired) electrons. The van der Waals surface area contributed by atoms with Crippen LogP contribution in [0, 0.1) is 0 Å². The first kappa shape index (κ1) is 17.7. The summed E-state index contributed by atoms with van der Waals surface area (Å²) in [6, 6.07) is 7.41. The minimum atomic E-state index is 0.124. The van der Waals surface area contributed by atoms with E-state index in [9.17, 15) is 4.79 Å². The van der Waals surface area contributed by atoms with Crippen molar-refractivity contribution >= 4 is 5.91 Å². The van der Waals surface area contributed by atoms with Gasteiger partial charge in [0.15, 0.2) is 0 Å². The molecule has 134 valence electrons. The first-order valence-corrected chi connectivity index (χ1v) is 9.17. The van der Waals surface area contributed by atoms with Gasteiger partial charge in [-0.1, -0.05) is 18.7 Å². The van der Waals surface area contributed by atoms with Crippen LogP contribution >= 0.6 is 0 Å². The lowest BCUT2D eigenvalue weighted by atomic mass is 9.84. The summed E-state index contributed by atoms with van der Waals surface area (Å²) in [7, 11) is 0. The molecule has 1 spiro atoms. The molecule has 0 atom stereocenters. The van der Waals surface area contributed by atoms with Crippen LogP contribution in [-0.2, 0) is 0 Å². The van der Waals surface area contributed by atoms with Gasteiger partial charge in [-0.2, -0.15) is 0 Å². The summed E-state index contributed by atoms with van der Waals surface area (Å²) in [5, 5.41) is 0. The number of carbonyl (C=O) groups is 1. The number of hydrogen-bond donors (Lipinski definition) is 0. The Kier molecular flexibility index (Phi) is 5.59. The third kappa shape index (κ3) is 3.79. The van der Waals surface area contributed by atoms with Crippen LogP contribution in [0.15, 0.2) is 49.6 Å². The molecule has 0 bridgehead atoms. The Morgan fingerprint density at radius 2 is 1.80 bits per heavy atom. The van der Waals surface area contributed by atoms with Crippen LogP contribution in [0.4, 0.5) is 0 Å². The van der Waals surface area contributed by atoms with E-state index in [1.807, 2.05) is 35.2 Å². The van der Waals surface area contributed by atoms with E-state index < -0.39 is 0 Å². The molecular formula is C21H28N2O2. The second-order valence-electron chi connectivity index (χ2n) is 6.98. The highest BCUT2D eigenvalue weighted by molar-refractivity contribution is 5.94. The molecule has 3 rings (SSSR count). The first-order valence-electron chi connectivity index (χ1n) is 9.17. The molecule has 2 heterocycles. The Morgan fingerprint density at radius 1 is 1.08 bits per heavy atom. The molecule has 2 fully saturated rings. The number of benzene rings is 1. The first-order chi connectivity index (χ1) is 12.2. The molecule has 2 aliphatic heterocycles. The SMILES string of the molecule is C=CCOc1ccc(C(=O)N2CCC3(CCCN3CC=C)CC2)cc1. The van der Waals surface area contributed by atoms with Gasteiger partial charge in [-0.05, 0) is 56.5 Å². The highest BCUT2D eigenvalue weighted by atomic mass is 16.5. The Balaban J connectivity index is 1.59. The zero-order valence-corrected chi connectivity index (χ0v) is 15.0. The van der Waals surface area contributed by atoms with E-state index in [1.54, 1.807) is 6.08 Å². The predicted molar refractivity (Wildman–Crippen MR) is 101 cm³/mol. The molecule has 0 unspecified atom stereocenters. The zero-order chi connectivity index (χ0) is 17.7. The Bertz CT molecular complexity index is 615. The maximum absolute atomic E-state index is 12.8. The molecule has 0 aromatic heterocycles. The van der Waals surface area contributed by atoms with E-state index in [0.717, 1.165) is 50.3 Å². The number of nitrogens with zero attached hydrogens (tertiary/aromatic N) is 2. The van der Waals surface area contributed by atoms with Crippen molar-refractivity contribution in [2.24, 2.45) is 0 Å². The van der Waals surface area contributed by atoms with Crippen molar-refractivity contribution in [1.29, 1.82) is 0 Å². The van der Waals surface area contributed by atoms with E-state index in [4.69, 9.17) is 4.74 Å². The number of amides is 1. The van der Waals surface area contributed by atoms with Crippen molar-refractivity contribution in [2.75, 3.05) is 32.8 Å². The molecule has 0 saturated carbocycles. The van der Waals surface area contributed by atoms with Gasteiger partial charge in [0.05, 0.1) is 0 Å². The number of ether oxygens (including phenoxy) is 1. The summed E-state index contributed by atoms with van der Waals surface area (Å²) in [5.74, 6) is 0.887. The van der Waals surface area contributed by atoms with Crippen LogP contribution in [0.5, 0.6) is 5.75 Å². The Morgan fingerprint density at radius 3 is 2.44 bits per heavy atom. The number of carbonyl (C=O) groups excluding carboxylic acids is 1. The smallest absolute Gasteiger partial charge is 0.253 e. The van der Waals surface area contributed by atoms with Crippen molar-refractivity contribution in [3.63, 3.8) is 0 Å². The Labute approximate surface area is 150 Å². The maximum atomic E-state index is 12.8. The molecule has 0 aliphatic carbocycles. The third-order valence-electron chi connectivity index (χ3n) is 5.54. The summed E-state index contributed by atoms with van der Waals surface area (Å²) < 4.78 is 5.48. The van der Waals surface area contributed by atoms with E-state index in [1.165, 1.54) is 12.8 Å². The molecule has 1 amide bonds. The van der Waals surface area contributed by atoms with Crippen LogP contribution in [0.1, 0.15) is 36.0 Å². The maximum Gasteiger partial charge on any atom is 0.253 e. The van der Waals surface area contributed by atoms with Gasteiger partial charge in [0, 0.05) is 30.7 Å². The van der Waals surface area contributed by atoms with E-state index in [0.29, 0.717) is 6.61 Å². The van der Waals surface area contributed by atoms with E-state index in [2.05, 4.69) is 18.1 Å². The quantitative estimate of drug-likeness (QED) is 0.743. The van der Waals surface area contributed by atoms with Gasteiger partial charge in [0.25, 0.3) is 5.91 Å². The highest BCUT2D eigenvalue weighted by Gasteiger charge is 2.43. The zero-order valence-electron chi connectivity index (χ0n) is 15.0. The van der Waals surface area contributed by atoms with E-state index in [-0.39, 0.29) is 11.4 Å². The van der Waals surface area contributed by atoms with Crippen molar-refractivity contribution in [3.8, 4) is 5.75 Å². The van der Waals surface area contributed by atoms with Crippen LogP contribution in [0.3, 0.4) is 0 Å². The molecule has 4 nitrogen and oxygen atoms in total. The normalized spacial score (nSPS) is 19.8. The summed E-state index contributed by atoms with van der Waals surface area (Å²) >= 11 is 0. The van der Waals surface area contributed by atoms with Crippen LogP contribution in [-0.4, -0.2) is 54.0 Å². The predicted octanol–water partition coefficient (Wildman–Crippen LogP) is 3.51. The van der Waals surface area contributed by atoms with Gasteiger partial charge < -0.3 is 9.64 Å². The average molecular weight is 340 g/mol. The summed E-state index contributed by atoms with van der Waals surface area (Å²) in [6.45, 7) is 11.8. The number of likely N-dealkylation sites (tertiary alicyclic amines) is 2. The van der Waals surface area contributed by atoms with Crippen LogP contribution < -0.4 is 4.74 Å². The van der Waals surface area contributed by atoms with Gasteiger partial charge in [0.2, 0.25) is 0 Å². The monoisotopic (exact) mass is 340 g/mol. The van der Waals surface area contributed by atoms with Crippen molar-refractivity contribution < 1.29 is 9.53 Å². The molecule has 1 aromatic carbocycles. The minimum absolute atomic E-state index is 0.124. The second kappa shape index (κ2) is 7.87. The van der Waals surface area contributed by atoms with Gasteiger partial charge in [0.1, 0.15) is 12.4 Å². The lowest BCUT2D eigenvalue weighted by Gasteiger charge is -2.45. The molecule has 25 heavy (non-hydrogen) atoms. The largest absolute Gasteiger partial charge is 0.490 e. The lowest BCUT2D eigenvalue weighted by molar-refractivity contribution is 0.0452. The molecule has 2 saturated heterocycles. The van der Waals surface area contributed by atoms with Crippen molar-refractivity contribution in [3.05, 3.63) is 55.1 Å². The third-order valence-corrected chi connectivity index (χ3v) is 5.54. The molecule has 4 heteroatoms. The fourth-order valence-electron chi connectivity index (χ4n) is 4.16. The fraction of sp³-hybridized carbons (Fsp3) is 0.476. The number of piperidine rings is 1. The second-order valence-corrected chi connectivity index (χ2v) is 6.98. The standard InChI is InChI=1S/C21H28N2O2/c1-3-13-23-14-5-10-21(23)11-15-22(16-12-21)20(24)18-6-8-19(9-7-18)25-17-4-2/h3-4,6-9H,1-2,5,10-17H2. The summed E-state index contributed by atoms with van der Waals surface area (Å²) in [5.41, 5.74) is 1.02. The van der Waals surface area contributed by atoms with Crippen LogP contribution in [0.25, 0.3) is 0 Å². The van der Waals surface area contributed by atoms with Gasteiger partial charge in [-0.3, -0.25) is 9.69 Å². The molecule has 1 aromatic rings. The number of rotatable bonds is 6. The van der Waals surface area contributed by atoms with Gasteiger partial charge >= 0.3 is 0 Å². The van der Waals surface area contributed by atoms with Gasteiger partial charge in [-0.15, -0.1) is 6.58 Å². The number of hydrogen-bond acceptors (Lipinski definition) is 3. The fourth-order valence-corrected chi connectivity index (χ4v) is 4.16. The van der Waals surface area contributed by atoms with Crippen LogP contribution in [0.2, 0.25) is 0 Å². The van der Waals surface area contributed by atoms with Crippen molar-refractivity contribution in [2.45, 2.75) is 31.2 Å². The average Bonchev–Trinajstić information content (AvgIpc) is 3.03. The van der Waals surface area contributed by atoms with Gasteiger partial charge in [-0.25, -0.2) is 0 Å². The minimum Gasteiger partial charge on any atom is -0.490 e. The highest BCUT2D eigenvalue weighted by Crippen LogP contribution is 2.38.